The van der Waals surface area contributed by atoms with Crippen molar-refractivity contribution in [3.63, 3.8) is 0 Å². The number of hydrogen-bond donors (Lipinski definition) is 3. The van der Waals surface area contributed by atoms with Crippen molar-refractivity contribution in [2.45, 2.75) is 31.7 Å². The first-order valence-electron chi connectivity index (χ1n) is 6.82. The van der Waals surface area contributed by atoms with Crippen molar-refractivity contribution < 1.29 is 14.7 Å². The fourth-order valence-corrected chi connectivity index (χ4v) is 2.78. The number of rotatable bonds is 4. The van der Waals surface area contributed by atoms with Gasteiger partial charge in [-0.05, 0) is 43.9 Å². The molecule has 1 aliphatic heterocycles. The number of amidine groups is 1. The topological polar surface area (TPSA) is 82.1 Å². The van der Waals surface area contributed by atoms with E-state index in [1.54, 1.807) is 6.07 Å². The van der Waals surface area contributed by atoms with Crippen molar-refractivity contribution in [2.75, 3.05) is 18.1 Å². The maximum Gasteiger partial charge on any atom is 0.172 e. The predicted molar refractivity (Wildman–Crippen MR) is 75.6 cm³/mol. The van der Waals surface area contributed by atoms with Crippen molar-refractivity contribution >= 4 is 11.5 Å². The Labute approximate surface area is 117 Å². The molecule has 110 valence electrons. The van der Waals surface area contributed by atoms with Crippen LogP contribution in [0.15, 0.2) is 23.4 Å². The molecule has 0 aromatic heterocycles. The molecule has 2 rings (SSSR count). The first-order valence-corrected chi connectivity index (χ1v) is 6.82. The van der Waals surface area contributed by atoms with E-state index in [1.165, 1.54) is 12.1 Å². The van der Waals surface area contributed by atoms with Crippen LogP contribution in [0.4, 0.5) is 10.1 Å². The zero-order valence-corrected chi connectivity index (χ0v) is 11.3. The van der Waals surface area contributed by atoms with Gasteiger partial charge in [0.1, 0.15) is 5.82 Å². The van der Waals surface area contributed by atoms with Crippen LogP contribution in [0.1, 0.15) is 31.2 Å². The second-order valence-corrected chi connectivity index (χ2v) is 5.00. The smallest absolute Gasteiger partial charge is 0.172 e. The first-order chi connectivity index (χ1) is 9.67. The molecule has 4 N–H and O–H groups in total. The Hall–Kier alpha value is -1.82. The van der Waals surface area contributed by atoms with Crippen LogP contribution in [0, 0.1) is 5.82 Å². The van der Waals surface area contributed by atoms with Crippen LogP contribution in [-0.2, 0) is 0 Å². The summed E-state index contributed by atoms with van der Waals surface area (Å²) in [6, 6.07) is 4.49. The number of anilines is 1. The summed E-state index contributed by atoms with van der Waals surface area (Å²) >= 11 is 0. The predicted octanol–water partition coefficient (Wildman–Crippen LogP) is 1.66. The summed E-state index contributed by atoms with van der Waals surface area (Å²) in [6.45, 7) is 0.934. The van der Waals surface area contributed by atoms with E-state index < -0.39 is 5.82 Å². The fraction of sp³-hybridized carbons (Fsp3) is 0.500. The fourth-order valence-electron chi connectivity index (χ4n) is 2.78. The van der Waals surface area contributed by atoms with Crippen LogP contribution in [0.3, 0.4) is 0 Å². The number of oxime groups is 1. The largest absolute Gasteiger partial charge is 0.409 e. The SMILES string of the molecule is NC(=NO)c1cc(F)ccc1N1CCCCC1CCO. The number of aliphatic hydroxyl groups excluding tert-OH is 1. The molecule has 1 atom stereocenters. The van der Waals surface area contributed by atoms with E-state index in [-0.39, 0.29) is 18.5 Å². The van der Waals surface area contributed by atoms with E-state index in [2.05, 4.69) is 10.1 Å². The van der Waals surface area contributed by atoms with Gasteiger partial charge in [0.2, 0.25) is 0 Å². The summed E-state index contributed by atoms with van der Waals surface area (Å²) in [5.41, 5.74) is 6.78. The van der Waals surface area contributed by atoms with E-state index in [1.807, 2.05) is 0 Å². The number of hydrogen-bond acceptors (Lipinski definition) is 4. The number of aliphatic hydroxyl groups is 1. The van der Waals surface area contributed by atoms with Gasteiger partial charge in [-0.25, -0.2) is 4.39 Å². The third-order valence-corrected chi connectivity index (χ3v) is 3.74. The molecule has 20 heavy (non-hydrogen) atoms. The number of halogens is 1. The van der Waals surface area contributed by atoms with Gasteiger partial charge in [0.25, 0.3) is 0 Å². The van der Waals surface area contributed by atoms with E-state index in [4.69, 9.17) is 10.9 Å². The molecule has 1 unspecified atom stereocenters. The standard InChI is InChI=1S/C14H20FN3O2/c15-10-4-5-13(12(9-10)14(16)17-20)18-7-2-1-3-11(18)6-8-19/h4-5,9,11,19-20H,1-3,6-8H2,(H2,16,17). The van der Waals surface area contributed by atoms with Gasteiger partial charge in [-0.3, -0.25) is 0 Å². The van der Waals surface area contributed by atoms with Crippen molar-refractivity contribution in [1.82, 2.24) is 0 Å². The van der Waals surface area contributed by atoms with Crippen LogP contribution in [-0.4, -0.2) is 35.3 Å². The van der Waals surface area contributed by atoms with Crippen molar-refractivity contribution in [3.05, 3.63) is 29.6 Å². The summed E-state index contributed by atoms with van der Waals surface area (Å²) < 4.78 is 13.4. The van der Waals surface area contributed by atoms with Crippen molar-refractivity contribution in [1.29, 1.82) is 0 Å². The minimum absolute atomic E-state index is 0.104. The lowest BCUT2D eigenvalue weighted by Crippen LogP contribution is -2.41. The number of nitrogens with zero attached hydrogens (tertiary/aromatic N) is 2. The molecule has 1 saturated heterocycles. The molecule has 0 bridgehead atoms. The summed E-state index contributed by atoms with van der Waals surface area (Å²) in [7, 11) is 0. The molecule has 0 spiro atoms. The van der Waals surface area contributed by atoms with Crippen LogP contribution >= 0.6 is 0 Å². The minimum atomic E-state index is -0.425. The lowest BCUT2D eigenvalue weighted by atomic mass is 9.97. The van der Waals surface area contributed by atoms with E-state index in [9.17, 15) is 9.50 Å². The molecule has 1 fully saturated rings. The maximum absolute atomic E-state index is 13.4. The van der Waals surface area contributed by atoms with Crippen molar-refractivity contribution in [2.24, 2.45) is 10.9 Å². The zero-order valence-electron chi connectivity index (χ0n) is 11.3. The van der Waals surface area contributed by atoms with Crippen LogP contribution in [0.2, 0.25) is 0 Å². The highest BCUT2D eigenvalue weighted by Crippen LogP contribution is 2.29. The Kier molecular flexibility index (Phi) is 4.79. The van der Waals surface area contributed by atoms with E-state index >= 15 is 0 Å². The quantitative estimate of drug-likeness (QED) is 0.339. The first kappa shape index (κ1) is 14.6. The molecule has 1 heterocycles. The Morgan fingerprint density at radius 2 is 2.25 bits per heavy atom. The molecular formula is C14H20FN3O2. The van der Waals surface area contributed by atoms with E-state index in [0.29, 0.717) is 12.0 Å². The Morgan fingerprint density at radius 1 is 1.45 bits per heavy atom. The lowest BCUT2D eigenvalue weighted by molar-refractivity contribution is 0.262. The number of benzene rings is 1. The summed E-state index contributed by atoms with van der Waals surface area (Å²) in [6.07, 6.45) is 3.79. The highest BCUT2D eigenvalue weighted by atomic mass is 19.1. The van der Waals surface area contributed by atoms with Gasteiger partial charge in [-0.15, -0.1) is 0 Å². The van der Waals surface area contributed by atoms with Crippen LogP contribution < -0.4 is 10.6 Å². The van der Waals surface area contributed by atoms with Crippen LogP contribution in [0.5, 0.6) is 0 Å². The highest BCUT2D eigenvalue weighted by Gasteiger charge is 2.25. The van der Waals surface area contributed by atoms with Gasteiger partial charge in [0.05, 0.1) is 0 Å². The normalized spacial score (nSPS) is 20.2. The molecular weight excluding hydrogens is 261 g/mol. The third kappa shape index (κ3) is 3.01. The molecule has 0 aliphatic carbocycles. The second-order valence-electron chi connectivity index (χ2n) is 5.00. The van der Waals surface area contributed by atoms with Gasteiger partial charge in [0.15, 0.2) is 5.84 Å². The van der Waals surface area contributed by atoms with Gasteiger partial charge >= 0.3 is 0 Å². The molecule has 1 aromatic rings. The average molecular weight is 281 g/mol. The highest BCUT2D eigenvalue weighted by molar-refractivity contribution is 6.02. The third-order valence-electron chi connectivity index (χ3n) is 3.74. The number of piperidine rings is 1. The van der Waals surface area contributed by atoms with E-state index in [0.717, 1.165) is 31.5 Å². The van der Waals surface area contributed by atoms with Gasteiger partial charge < -0.3 is 20.9 Å². The molecule has 0 amide bonds. The monoisotopic (exact) mass is 281 g/mol. The molecule has 0 saturated carbocycles. The summed E-state index contributed by atoms with van der Waals surface area (Å²) in [4.78, 5) is 2.12. The van der Waals surface area contributed by atoms with Crippen molar-refractivity contribution in [3.8, 4) is 0 Å². The molecule has 0 radical (unpaired) electrons. The average Bonchev–Trinajstić information content (AvgIpc) is 2.47. The molecule has 5 nitrogen and oxygen atoms in total. The second kappa shape index (κ2) is 6.56. The Balaban J connectivity index is 2.39. The summed E-state index contributed by atoms with van der Waals surface area (Å²) in [5, 5.41) is 21.0. The Bertz CT molecular complexity index is 491. The van der Waals surface area contributed by atoms with Crippen LogP contribution in [0.25, 0.3) is 0 Å². The zero-order chi connectivity index (χ0) is 14.5. The molecule has 1 aliphatic rings. The minimum Gasteiger partial charge on any atom is -0.409 e. The Morgan fingerprint density at radius 3 is 2.95 bits per heavy atom. The van der Waals surface area contributed by atoms with Gasteiger partial charge in [0, 0.05) is 30.4 Å². The van der Waals surface area contributed by atoms with Gasteiger partial charge in [-0.2, -0.15) is 0 Å². The maximum atomic E-state index is 13.4. The summed E-state index contributed by atoms with van der Waals surface area (Å²) in [5.74, 6) is -0.529. The van der Waals surface area contributed by atoms with Gasteiger partial charge in [-0.1, -0.05) is 5.16 Å². The molecule has 1 aromatic carbocycles. The lowest BCUT2D eigenvalue weighted by Gasteiger charge is -2.38. The molecule has 6 heteroatoms. The number of nitrogens with two attached hydrogens (primary N) is 1.